The van der Waals surface area contributed by atoms with E-state index in [2.05, 4.69) is 10.6 Å². The lowest BCUT2D eigenvalue weighted by Crippen LogP contribution is -2.09. The van der Waals surface area contributed by atoms with Gasteiger partial charge in [-0.05, 0) is 35.9 Å². The molecule has 0 aliphatic carbocycles. The van der Waals surface area contributed by atoms with Gasteiger partial charge in [0.1, 0.15) is 0 Å². The summed E-state index contributed by atoms with van der Waals surface area (Å²) in [6.45, 7) is 1.45. The lowest BCUT2D eigenvalue weighted by molar-refractivity contribution is -0.114. The van der Waals surface area contributed by atoms with Crippen LogP contribution in [0, 0.1) is 0 Å². The van der Waals surface area contributed by atoms with E-state index in [9.17, 15) is 14.4 Å². The van der Waals surface area contributed by atoms with Gasteiger partial charge in [-0.25, -0.2) is 0 Å². The van der Waals surface area contributed by atoms with Gasteiger partial charge in [0.2, 0.25) is 11.8 Å². The molecule has 0 heterocycles. The van der Waals surface area contributed by atoms with Gasteiger partial charge in [0.25, 0.3) is 0 Å². The predicted molar refractivity (Wildman–Crippen MR) is 115 cm³/mol. The van der Waals surface area contributed by atoms with Gasteiger partial charge in [-0.2, -0.15) is 0 Å². The number of carbonyl (C=O) groups excluding carboxylic acids is 3. The quantitative estimate of drug-likeness (QED) is 0.484. The number of benzene rings is 3. The smallest absolute Gasteiger partial charge is 0.248 e. The summed E-state index contributed by atoms with van der Waals surface area (Å²) >= 11 is 0. The summed E-state index contributed by atoms with van der Waals surface area (Å²) in [6.07, 6.45) is 3.09. The Kier molecular flexibility index (Phi) is 6.32. The minimum absolute atomic E-state index is 0.100. The number of hydrogen-bond donors (Lipinski definition) is 2. The fourth-order valence-electron chi connectivity index (χ4n) is 2.73. The molecule has 3 rings (SSSR count). The van der Waals surface area contributed by atoms with Crippen molar-refractivity contribution in [3.05, 3.63) is 102 Å². The highest BCUT2D eigenvalue weighted by atomic mass is 16.2. The highest BCUT2D eigenvalue weighted by Gasteiger charge is 2.09. The van der Waals surface area contributed by atoms with Crippen LogP contribution in [0.3, 0.4) is 0 Å². The predicted octanol–water partition coefficient (Wildman–Crippen LogP) is 4.53. The molecule has 3 aromatic carbocycles. The molecule has 0 radical (unpaired) electrons. The van der Waals surface area contributed by atoms with Crippen LogP contribution in [0.2, 0.25) is 0 Å². The molecular weight excluding hydrogens is 364 g/mol. The fourth-order valence-corrected chi connectivity index (χ4v) is 2.73. The maximum absolute atomic E-state index is 12.5. The number of hydrogen-bond acceptors (Lipinski definition) is 3. The van der Waals surface area contributed by atoms with Crippen molar-refractivity contribution in [2.45, 2.75) is 6.92 Å². The van der Waals surface area contributed by atoms with Crippen molar-refractivity contribution in [2.24, 2.45) is 0 Å². The summed E-state index contributed by atoms with van der Waals surface area (Å²) in [7, 11) is 0. The van der Waals surface area contributed by atoms with Crippen LogP contribution in [0.5, 0.6) is 0 Å². The normalized spacial score (nSPS) is 10.5. The first-order chi connectivity index (χ1) is 14.0. The van der Waals surface area contributed by atoms with E-state index in [0.29, 0.717) is 22.5 Å². The van der Waals surface area contributed by atoms with Gasteiger partial charge in [-0.1, -0.05) is 54.6 Å². The lowest BCUT2D eigenvalue weighted by atomic mass is 10.0. The summed E-state index contributed by atoms with van der Waals surface area (Å²) in [4.78, 5) is 35.8. The maximum Gasteiger partial charge on any atom is 0.248 e. The highest BCUT2D eigenvalue weighted by Crippen LogP contribution is 2.15. The van der Waals surface area contributed by atoms with Crippen molar-refractivity contribution >= 4 is 35.0 Å². The lowest BCUT2D eigenvalue weighted by Gasteiger charge is -2.06. The zero-order valence-electron chi connectivity index (χ0n) is 15.9. The molecule has 3 aromatic rings. The number of ketones is 1. The van der Waals surface area contributed by atoms with Crippen LogP contribution in [0.4, 0.5) is 11.4 Å². The minimum atomic E-state index is -0.305. The molecule has 2 N–H and O–H groups in total. The second-order valence-electron chi connectivity index (χ2n) is 6.40. The molecule has 2 amide bonds. The first-order valence-electron chi connectivity index (χ1n) is 9.08. The molecule has 5 heteroatoms. The summed E-state index contributed by atoms with van der Waals surface area (Å²) in [6, 6.07) is 23.0. The van der Waals surface area contributed by atoms with Gasteiger partial charge in [0.05, 0.1) is 0 Å². The monoisotopic (exact) mass is 384 g/mol. The van der Waals surface area contributed by atoms with Crippen molar-refractivity contribution in [3.63, 3.8) is 0 Å². The van der Waals surface area contributed by atoms with Crippen LogP contribution < -0.4 is 10.6 Å². The highest BCUT2D eigenvalue weighted by molar-refractivity contribution is 6.10. The molecule has 0 saturated heterocycles. The third-order valence-electron chi connectivity index (χ3n) is 4.09. The van der Waals surface area contributed by atoms with E-state index in [1.165, 1.54) is 13.0 Å². The zero-order chi connectivity index (χ0) is 20.6. The molecule has 5 nitrogen and oxygen atoms in total. The Labute approximate surface area is 169 Å². The average Bonchev–Trinajstić information content (AvgIpc) is 2.73. The standard InChI is InChI=1S/C24H20N2O3/c1-17(27)25-21-13-10-18(11-14-21)12-15-23(28)26-22-9-5-8-20(16-22)24(29)19-6-3-2-4-7-19/h2-16H,1H3,(H,25,27)(H,26,28)/b15-12+. The van der Waals surface area contributed by atoms with Gasteiger partial charge >= 0.3 is 0 Å². The van der Waals surface area contributed by atoms with Crippen LogP contribution in [-0.2, 0) is 9.59 Å². The number of anilines is 2. The topological polar surface area (TPSA) is 75.3 Å². The minimum Gasteiger partial charge on any atom is -0.326 e. The SMILES string of the molecule is CC(=O)Nc1ccc(/C=C/C(=O)Nc2cccc(C(=O)c3ccccc3)c2)cc1. The molecule has 0 atom stereocenters. The maximum atomic E-state index is 12.5. The Morgan fingerprint density at radius 2 is 1.41 bits per heavy atom. The largest absolute Gasteiger partial charge is 0.326 e. The van der Waals surface area contributed by atoms with Crippen molar-refractivity contribution in [2.75, 3.05) is 10.6 Å². The van der Waals surface area contributed by atoms with E-state index < -0.39 is 0 Å². The van der Waals surface area contributed by atoms with Crippen LogP contribution in [0.25, 0.3) is 6.08 Å². The molecule has 29 heavy (non-hydrogen) atoms. The van der Waals surface area contributed by atoms with Crippen molar-refractivity contribution in [1.29, 1.82) is 0 Å². The van der Waals surface area contributed by atoms with E-state index in [4.69, 9.17) is 0 Å². The molecular formula is C24H20N2O3. The average molecular weight is 384 g/mol. The number of nitrogens with one attached hydrogen (secondary N) is 2. The van der Waals surface area contributed by atoms with Gasteiger partial charge < -0.3 is 10.6 Å². The fraction of sp³-hybridized carbons (Fsp3) is 0.0417. The third kappa shape index (κ3) is 5.74. The molecule has 0 aliphatic heterocycles. The summed E-state index contributed by atoms with van der Waals surface area (Å²) in [5, 5.41) is 5.45. The van der Waals surface area contributed by atoms with Crippen LogP contribution in [-0.4, -0.2) is 17.6 Å². The Hall–Kier alpha value is -3.99. The van der Waals surface area contributed by atoms with Crippen LogP contribution in [0.15, 0.2) is 84.9 Å². The van der Waals surface area contributed by atoms with E-state index in [-0.39, 0.29) is 17.6 Å². The molecule has 0 unspecified atom stereocenters. The molecule has 0 bridgehead atoms. The van der Waals surface area contributed by atoms with E-state index in [1.54, 1.807) is 66.7 Å². The third-order valence-corrected chi connectivity index (χ3v) is 4.09. The van der Waals surface area contributed by atoms with Gasteiger partial charge in [-0.15, -0.1) is 0 Å². The summed E-state index contributed by atoms with van der Waals surface area (Å²) < 4.78 is 0. The Balaban J connectivity index is 1.64. The number of amides is 2. The van der Waals surface area contributed by atoms with E-state index >= 15 is 0 Å². The Bertz CT molecular complexity index is 1050. The van der Waals surface area contributed by atoms with Crippen molar-refractivity contribution in [1.82, 2.24) is 0 Å². The molecule has 0 spiro atoms. The van der Waals surface area contributed by atoms with Crippen LogP contribution in [0.1, 0.15) is 28.4 Å². The first kappa shape index (κ1) is 19.8. The van der Waals surface area contributed by atoms with Gasteiger partial charge in [0, 0.05) is 35.5 Å². The van der Waals surface area contributed by atoms with Crippen LogP contribution >= 0.6 is 0 Å². The summed E-state index contributed by atoms with van der Waals surface area (Å²) in [5.41, 5.74) is 3.16. The second kappa shape index (κ2) is 9.28. The zero-order valence-corrected chi connectivity index (χ0v) is 15.9. The van der Waals surface area contributed by atoms with Crippen molar-refractivity contribution in [3.8, 4) is 0 Å². The van der Waals surface area contributed by atoms with E-state index in [0.717, 1.165) is 5.56 Å². The van der Waals surface area contributed by atoms with Crippen molar-refractivity contribution < 1.29 is 14.4 Å². The second-order valence-corrected chi connectivity index (χ2v) is 6.40. The number of carbonyl (C=O) groups is 3. The number of rotatable bonds is 6. The molecule has 0 saturated carbocycles. The first-order valence-corrected chi connectivity index (χ1v) is 9.08. The Morgan fingerprint density at radius 3 is 2.10 bits per heavy atom. The van der Waals surface area contributed by atoms with E-state index in [1.807, 2.05) is 18.2 Å². The van der Waals surface area contributed by atoms with Gasteiger partial charge in [-0.3, -0.25) is 14.4 Å². The Morgan fingerprint density at radius 1 is 0.724 bits per heavy atom. The molecule has 144 valence electrons. The molecule has 0 aliphatic rings. The summed E-state index contributed by atoms with van der Waals surface area (Å²) in [5.74, 6) is -0.544. The van der Waals surface area contributed by atoms with Gasteiger partial charge in [0.15, 0.2) is 5.78 Å². The molecule has 0 fully saturated rings. The molecule has 0 aromatic heterocycles.